The molecule has 5 nitrogen and oxygen atoms in total. The molecule has 0 radical (unpaired) electrons. The van der Waals surface area contributed by atoms with Crippen molar-refractivity contribution in [3.05, 3.63) is 24.3 Å². The normalized spacial score (nSPS) is 30.3. The van der Waals surface area contributed by atoms with E-state index in [9.17, 15) is 9.59 Å². The van der Waals surface area contributed by atoms with Crippen LogP contribution >= 0.6 is 0 Å². The van der Waals surface area contributed by atoms with Gasteiger partial charge in [-0.15, -0.1) is 0 Å². The van der Waals surface area contributed by atoms with Crippen molar-refractivity contribution >= 4 is 20.3 Å². The van der Waals surface area contributed by atoms with Crippen molar-refractivity contribution in [3.8, 4) is 0 Å². The van der Waals surface area contributed by atoms with Gasteiger partial charge >= 0.3 is 11.9 Å². The number of fused-ring (bicyclic) bond motifs is 1. The zero-order chi connectivity index (χ0) is 21.3. The molecule has 0 bridgehead atoms. The number of rotatable bonds is 7. The first-order valence-corrected chi connectivity index (χ1v) is 13.2. The molecule has 0 aromatic heterocycles. The van der Waals surface area contributed by atoms with Crippen molar-refractivity contribution in [2.24, 2.45) is 23.7 Å². The summed E-state index contributed by atoms with van der Waals surface area (Å²) in [7, 11) is -1.87. The highest BCUT2D eigenvalue weighted by atomic mass is 28.4. The van der Waals surface area contributed by atoms with Crippen LogP contribution in [0.5, 0.6) is 0 Å². The van der Waals surface area contributed by atoms with Gasteiger partial charge in [-0.3, -0.25) is 9.59 Å². The molecule has 28 heavy (non-hydrogen) atoms. The number of carbonyl (C=O) groups excluding carboxylic acids is 2. The minimum Gasteiger partial charge on any atom is -0.466 e. The molecule has 0 N–H and O–H groups in total. The van der Waals surface area contributed by atoms with E-state index in [4.69, 9.17) is 13.9 Å². The van der Waals surface area contributed by atoms with E-state index in [0.29, 0.717) is 19.6 Å². The van der Waals surface area contributed by atoms with Crippen molar-refractivity contribution < 1.29 is 23.5 Å². The lowest BCUT2D eigenvalue weighted by Crippen LogP contribution is -2.44. The molecule has 0 saturated carbocycles. The Morgan fingerprint density at radius 2 is 2.00 bits per heavy atom. The van der Waals surface area contributed by atoms with Crippen LogP contribution < -0.4 is 0 Å². The topological polar surface area (TPSA) is 61.8 Å². The van der Waals surface area contributed by atoms with Crippen LogP contribution in [0.1, 0.15) is 41.0 Å². The van der Waals surface area contributed by atoms with E-state index in [1.54, 1.807) is 13.0 Å². The lowest BCUT2D eigenvalue weighted by atomic mass is 9.66. The van der Waals surface area contributed by atoms with Crippen molar-refractivity contribution in [1.29, 1.82) is 0 Å². The molecule has 5 atom stereocenters. The van der Waals surface area contributed by atoms with Crippen LogP contribution in [0, 0.1) is 23.7 Å². The van der Waals surface area contributed by atoms with Crippen LogP contribution in [0.3, 0.4) is 0 Å². The number of allylic oxidation sites excluding steroid dienone is 1. The first kappa shape index (κ1) is 22.9. The van der Waals surface area contributed by atoms with E-state index < -0.39 is 20.2 Å². The van der Waals surface area contributed by atoms with Gasteiger partial charge in [0, 0.05) is 12.5 Å². The Labute approximate surface area is 170 Å². The minimum atomic E-state index is -1.87. The smallest absolute Gasteiger partial charge is 0.311 e. The monoisotopic (exact) mass is 408 g/mol. The van der Waals surface area contributed by atoms with Crippen LogP contribution in [0.25, 0.3) is 0 Å². The second-order valence-corrected chi connectivity index (χ2v) is 14.2. The van der Waals surface area contributed by atoms with Crippen LogP contribution in [-0.4, -0.2) is 39.6 Å². The third kappa shape index (κ3) is 4.43. The van der Waals surface area contributed by atoms with Gasteiger partial charge in [-0.05, 0) is 44.3 Å². The SMILES string of the molecule is C=C[C@@H]1OC(=O)[C@H]2[C@H]1C=C(C)[C@H](CCO[Si](C)(C)C(C)(C)C)[C@@H]2C(=O)OCC. The fraction of sp³-hybridized carbons (Fsp3) is 0.727. The third-order valence-electron chi connectivity index (χ3n) is 6.67. The molecule has 0 amide bonds. The zero-order valence-corrected chi connectivity index (χ0v) is 19.4. The summed E-state index contributed by atoms with van der Waals surface area (Å²) < 4.78 is 17.2. The van der Waals surface area contributed by atoms with E-state index in [2.05, 4.69) is 46.5 Å². The van der Waals surface area contributed by atoms with Gasteiger partial charge < -0.3 is 13.9 Å². The summed E-state index contributed by atoms with van der Waals surface area (Å²) in [5, 5.41) is 0.128. The summed E-state index contributed by atoms with van der Waals surface area (Å²) in [5.74, 6) is -1.92. The van der Waals surface area contributed by atoms with E-state index in [0.717, 1.165) is 5.57 Å². The summed E-state index contributed by atoms with van der Waals surface area (Å²) in [6.45, 7) is 19.5. The van der Waals surface area contributed by atoms with Gasteiger partial charge in [0.25, 0.3) is 0 Å². The number of esters is 2. The molecule has 6 heteroatoms. The summed E-state index contributed by atoms with van der Waals surface area (Å²) in [6.07, 6.45) is 4.05. The first-order chi connectivity index (χ1) is 12.9. The summed E-state index contributed by atoms with van der Waals surface area (Å²) in [6, 6.07) is 0. The van der Waals surface area contributed by atoms with Gasteiger partial charge in [-0.2, -0.15) is 0 Å². The second kappa shape index (κ2) is 8.53. The number of hydrogen-bond donors (Lipinski definition) is 0. The molecule has 0 aromatic carbocycles. The standard InChI is InChI=1S/C22H36O5Si/c1-9-17-16-13-14(3)15(11-12-26-28(7,8)22(4,5)6)18(20(23)25-10-2)19(16)21(24)27-17/h9,13,15-19H,1,10-12H2,2-8H3/t15-,16-,17-,18-,19-/m0/s1. The number of hydrogen-bond acceptors (Lipinski definition) is 5. The molecule has 2 rings (SSSR count). The summed E-state index contributed by atoms with van der Waals surface area (Å²) in [4.78, 5) is 25.4. The Kier molecular flexibility index (Phi) is 6.97. The molecule has 0 unspecified atom stereocenters. The molecule has 0 spiro atoms. The largest absolute Gasteiger partial charge is 0.466 e. The third-order valence-corrected chi connectivity index (χ3v) is 11.2. The Morgan fingerprint density at radius 1 is 1.36 bits per heavy atom. The Morgan fingerprint density at radius 3 is 2.54 bits per heavy atom. The molecule has 2 aliphatic rings. The number of carbonyl (C=O) groups is 2. The molecule has 1 aliphatic carbocycles. The minimum absolute atomic E-state index is 0.0822. The predicted molar refractivity (Wildman–Crippen MR) is 112 cm³/mol. The number of ether oxygens (including phenoxy) is 2. The Balaban J connectivity index is 2.25. The van der Waals surface area contributed by atoms with E-state index in [-0.39, 0.29) is 34.9 Å². The molecule has 0 aromatic rings. The lowest BCUT2D eigenvalue weighted by molar-refractivity contribution is -0.158. The Hall–Kier alpha value is -1.40. The Bertz CT molecular complexity index is 646. The first-order valence-electron chi connectivity index (χ1n) is 10.3. The maximum atomic E-state index is 12.8. The molecule has 1 saturated heterocycles. The molecule has 1 aliphatic heterocycles. The van der Waals surface area contributed by atoms with Crippen LogP contribution in [-0.2, 0) is 23.5 Å². The van der Waals surface area contributed by atoms with Gasteiger partial charge in [0.2, 0.25) is 0 Å². The number of cyclic esters (lactones) is 1. The average molecular weight is 409 g/mol. The quantitative estimate of drug-likeness (QED) is 0.353. The van der Waals surface area contributed by atoms with E-state index in [1.165, 1.54) is 0 Å². The lowest BCUT2D eigenvalue weighted by Gasteiger charge is -2.39. The fourth-order valence-electron chi connectivity index (χ4n) is 4.02. The maximum Gasteiger partial charge on any atom is 0.311 e. The molecular formula is C22H36O5Si. The van der Waals surface area contributed by atoms with Crippen molar-refractivity contribution in [3.63, 3.8) is 0 Å². The molecule has 1 fully saturated rings. The highest BCUT2D eigenvalue weighted by Crippen LogP contribution is 2.47. The van der Waals surface area contributed by atoms with Gasteiger partial charge in [-0.25, -0.2) is 0 Å². The van der Waals surface area contributed by atoms with Gasteiger partial charge in [0.1, 0.15) is 6.10 Å². The maximum absolute atomic E-state index is 12.8. The van der Waals surface area contributed by atoms with Crippen LogP contribution in [0.15, 0.2) is 24.3 Å². The molecular weight excluding hydrogens is 372 g/mol. The van der Waals surface area contributed by atoms with Crippen LogP contribution in [0.4, 0.5) is 0 Å². The van der Waals surface area contributed by atoms with Gasteiger partial charge in [-0.1, -0.05) is 45.1 Å². The van der Waals surface area contributed by atoms with E-state index in [1.807, 2.05) is 6.92 Å². The summed E-state index contributed by atoms with van der Waals surface area (Å²) >= 11 is 0. The summed E-state index contributed by atoms with van der Waals surface area (Å²) in [5.41, 5.74) is 1.10. The van der Waals surface area contributed by atoms with Crippen molar-refractivity contribution in [2.75, 3.05) is 13.2 Å². The van der Waals surface area contributed by atoms with E-state index >= 15 is 0 Å². The molecule has 1 heterocycles. The van der Waals surface area contributed by atoms with Crippen molar-refractivity contribution in [1.82, 2.24) is 0 Å². The average Bonchev–Trinajstić information content (AvgIpc) is 2.89. The second-order valence-electron chi connectivity index (χ2n) is 9.43. The highest BCUT2D eigenvalue weighted by Gasteiger charge is 2.54. The van der Waals surface area contributed by atoms with Gasteiger partial charge in [0.15, 0.2) is 8.32 Å². The van der Waals surface area contributed by atoms with Gasteiger partial charge in [0.05, 0.1) is 18.4 Å². The zero-order valence-electron chi connectivity index (χ0n) is 18.4. The fourth-order valence-corrected chi connectivity index (χ4v) is 5.08. The van der Waals surface area contributed by atoms with Crippen LogP contribution in [0.2, 0.25) is 18.1 Å². The predicted octanol–water partition coefficient (Wildman–Crippen LogP) is 4.50. The van der Waals surface area contributed by atoms with Crippen molar-refractivity contribution in [2.45, 2.75) is 65.3 Å². The molecule has 158 valence electrons. The highest BCUT2D eigenvalue weighted by molar-refractivity contribution is 6.74.